The van der Waals surface area contributed by atoms with Crippen molar-refractivity contribution >= 4 is 5.69 Å². The highest BCUT2D eigenvalue weighted by Gasteiger charge is 2.08. The molecular formula is C16H16N2. The van der Waals surface area contributed by atoms with Crippen molar-refractivity contribution in [2.24, 2.45) is 0 Å². The zero-order chi connectivity index (χ0) is 13.0. The lowest BCUT2D eigenvalue weighted by atomic mass is 10.1. The molecule has 0 bridgehead atoms. The van der Waals surface area contributed by atoms with Crippen molar-refractivity contribution in [1.82, 2.24) is 0 Å². The predicted octanol–water partition coefficient (Wildman–Crippen LogP) is 3.70. The number of hydrogen-bond donors (Lipinski definition) is 0. The monoisotopic (exact) mass is 236 g/mol. The van der Waals surface area contributed by atoms with E-state index in [4.69, 9.17) is 5.26 Å². The van der Waals surface area contributed by atoms with Gasteiger partial charge >= 0.3 is 0 Å². The van der Waals surface area contributed by atoms with Gasteiger partial charge in [-0.25, -0.2) is 0 Å². The van der Waals surface area contributed by atoms with Gasteiger partial charge in [-0.1, -0.05) is 42.5 Å². The third-order valence-electron chi connectivity index (χ3n) is 3.15. The molecule has 0 aliphatic heterocycles. The molecule has 1 unspecified atom stereocenters. The van der Waals surface area contributed by atoms with Crippen molar-refractivity contribution in [3.8, 4) is 17.2 Å². The lowest BCUT2D eigenvalue weighted by Crippen LogP contribution is -2.26. The summed E-state index contributed by atoms with van der Waals surface area (Å²) >= 11 is 0. The third-order valence-corrected chi connectivity index (χ3v) is 3.15. The Hall–Kier alpha value is -2.27. The van der Waals surface area contributed by atoms with Crippen LogP contribution in [-0.4, -0.2) is 13.1 Å². The normalized spacial score (nSPS) is 11.6. The lowest BCUT2D eigenvalue weighted by molar-refractivity contribution is 0.835. The number of anilines is 1. The van der Waals surface area contributed by atoms with Crippen LogP contribution in [0.4, 0.5) is 5.69 Å². The van der Waals surface area contributed by atoms with Gasteiger partial charge in [0.1, 0.15) is 6.04 Å². The number of benzene rings is 2. The number of nitriles is 1. The van der Waals surface area contributed by atoms with Crippen molar-refractivity contribution in [1.29, 1.82) is 5.26 Å². The zero-order valence-corrected chi connectivity index (χ0v) is 10.7. The molecule has 2 rings (SSSR count). The van der Waals surface area contributed by atoms with Crippen molar-refractivity contribution in [3.05, 3.63) is 54.6 Å². The highest BCUT2D eigenvalue weighted by Crippen LogP contribution is 2.23. The van der Waals surface area contributed by atoms with E-state index in [1.807, 2.05) is 37.1 Å². The fourth-order valence-electron chi connectivity index (χ4n) is 1.83. The molecule has 90 valence electrons. The van der Waals surface area contributed by atoms with Gasteiger partial charge in [-0.2, -0.15) is 5.26 Å². The Morgan fingerprint density at radius 3 is 2.06 bits per heavy atom. The third kappa shape index (κ3) is 2.52. The van der Waals surface area contributed by atoms with Gasteiger partial charge in [-0.15, -0.1) is 0 Å². The molecule has 2 aromatic rings. The average Bonchev–Trinajstić information content (AvgIpc) is 2.47. The van der Waals surface area contributed by atoms with Crippen LogP contribution in [0.5, 0.6) is 0 Å². The summed E-state index contributed by atoms with van der Waals surface area (Å²) in [6, 6.07) is 20.7. The second-order valence-electron chi connectivity index (χ2n) is 4.33. The van der Waals surface area contributed by atoms with Gasteiger partial charge < -0.3 is 4.90 Å². The first kappa shape index (κ1) is 12.2. The first-order valence-corrected chi connectivity index (χ1v) is 6.00. The van der Waals surface area contributed by atoms with E-state index in [0.29, 0.717) is 0 Å². The van der Waals surface area contributed by atoms with Crippen LogP contribution < -0.4 is 4.90 Å². The van der Waals surface area contributed by atoms with Crippen molar-refractivity contribution in [3.63, 3.8) is 0 Å². The molecule has 0 N–H and O–H groups in total. The summed E-state index contributed by atoms with van der Waals surface area (Å²) < 4.78 is 0. The topological polar surface area (TPSA) is 27.0 Å². The van der Waals surface area contributed by atoms with Crippen LogP contribution >= 0.6 is 0 Å². The average molecular weight is 236 g/mol. The number of rotatable bonds is 3. The molecule has 0 saturated heterocycles. The largest absolute Gasteiger partial charge is 0.359 e. The molecule has 0 fully saturated rings. The summed E-state index contributed by atoms with van der Waals surface area (Å²) in [4.78, 5) is 1.97. The Morgan fingerprint density at radius 2 is 1.50 bits per heavy atom. The summed E-state index contributed by atoms with van der Waals surface area (Å²) in [7, 11) is 1.94. The Bertz CT molecular complexity index is 538. The highest BCUT2D eigenvalue weighted by atomic mass is 15.1. The fourth-order valence-corrected chi connectivity index (χ4v) is 1.83. The number of hydrogen-bond acceptors (Lipinski definition) is 2. The van der Waals surface area contributed by atoms with Gasteiger partial charge in [0.15, 0.2) is 0 Å². The molecular weight excluding hydrogens is 220 g/mol. The summed E-state index contributed by atoms with van der Waals surface area (Å²) in [5, 5.41) is 8.91. The Balaban J connectivity index is 2.24. The van der Waals surface area contributed by atoms with E-state index in [2.05, 4.69) is 42.5 Å². The summed E-state index contributed by atoms with van der Waals surface area (Å²) in [6.45, 7) is 1.89. The van der Waals surface area contributed by atoms with E-state index in [-0.39, 0.29) is 6.04 Å². The minimum atomic E-state index is -0.118. The maximum atomic E-state index is 8.91. The van der Waals surface area contributed by atoms with Crippen molar-refractivity contribution in [2.45, 2.75) is 13.0 Å². The van der Waals surface area contributed by atoms with Gasteiger partial charge in [0.05, 0.1) is 6.07 Å². The molecule has 1 atom stereocenters. The SMILES string of the molecule is CC(C#N)N(C)c1ccc(-c2ccccc2)cc1. The van der Waals surface area contributed by atoms with Gasteiger partial charge in [0, 0.05) is 12.7 Å². The molecule has 0 aliphatic rings. The van der Waals surface area contributed by atoms with E-state index in [1.165, 1.54) is 11.1 Å². The molecule has 0 amide bonds. The first-order valence-electron chi connectivity index (χ1n) is 6.00. The lowest BCUT2D eigenvalue weighted by Gasteiger charge is -2.21. The van der Waals surface area contributed by atoms with Gasteiger partial charge in [0.25, 0.3) is 0 Å². The van der Waals surface area contributed by atoms with Crippen LogP contribution in [0, 0.1) is 11.3 Å². The highest BCUT2D eigenvalue weighted by molar-refractivity contribution is 5.66. The number of nitrogens with zero attached hydrogens (tertiary/aromatic N) is 2. The molecule has 0 radical (unpaired) electrons. The van der Waals surface area contributed by atoms with E-state index in [9.17, 15) is 0 Å². The minimum absolute atomic E-state index is 0.118. The van der Waals surface area contributed by atoms with E-state index >= 15 is 0 Å². The van der Waals surface area contributed by atoms with Crippen LogP contribution in [-0.2, 0) is 0 Å². The molecule has 0 heterocycles. The maximum absolute atomic E-state index is 8.91. The van der Waals surface area contributed by atoms with Gasteiger partial charge in [-0.3, -0.25) is 0 Å². The summed E-state index contributed by atoms with van der Waals surface area (Å²) in [5.41, 5.74) is 3.46. The van der Waals surface area contributed by atoms with Crippen molar-refractivity contribution < 1.29 is 0 Å². The van der Waals surface area contributed by atoms with Crippen molar-refractivity contribution in [2.75, 3.05) is 11.9 Å². The summed E-state index contributed by atoms with van der Waals surface area (Å²) in [6.07, 6.45) is 0. The maximum Gasteiger partial charge on any atom is 0.113 e. The molecule has 0 aromatic heterocycles. The Labute approximate surface area is 108 Å². The standard InChI is InChI=1S/C16H16N2/c1-13(12-17)18(2)16-10-8-15(9-11-16)14-6-4-3-5-7-14/h3-11,13H,1-2H3. The summed E-state index contributed by atoms with van der Waals surface area (Å²) in [5.74, 6) is 0. The van der Waals surface area contributed by atoms with Crippen LogP contribution in [0.2, 0.25) is 0 Å². The smallest absolute Gasteiger partial charge is 0.113 e. The molecule has 18 heavy (non-hydrogen) atoms. The Kier molecular flexibility index (Phi) is 3.64. The molecule has 0 aliphatic carbocycles. The van der Waals surface area contributed by atoms with Gasteiger partial charge in [-0.05, 0) is 30.2 Å². The molecule has 0 spiro atoms. The molecule has 2 nitrogen and oxygen atoms in total. The van der Waals surface area contributed by atoms with Crippen LogP contribution in [0.25, 0.3) is 11.1 Å². The first-order chi connectivity index (χ1) is 8.72. The predicted molar refractivity (Wildman–Crippen MR) is 75.4 cm³/mol. The van der Waals surface area contributed by atoms with Crippen LogP contribution in [0.1, 0.15) is 6.92 Å². The fraction of sp³-hybridized carbons (Fsp3) is 0.188. The van der Waals surface area contributed by atoms with Crippen LogP contribution in [0.15, 0.2) is 54.6 Å². The van der Waals surface area contributed by atoms with Gasteiger partial charge in [0.2, 0.25) is 0 Å². The molecule has 0 saturated carbocycles. The minimum Gasteiger partial charge on any atom is -0.359 e. The zero-order valence-electron chi connectivity index (χ0n) is 10.7. The second kappa shape index (κ2) is 5.37. The van der Waals surface area contributed by atoms with E-state index in [1.54, 1.807) is 0 Å². The van der Waals surface area contributed by atoms with E-state index < -0.39 is 0 Å². The quantitative estimate of drug-likeness (QED) is 0.812. The Morgan fingerprint density at radius 1 is 0.944 bits per heavy atom. The van der Waals surface area contributed by atoms with Crippen LogP contribution in [0.3, 0.4) is 0 Å². The molecule has 2 heteroatoms. The molecule has 2 aromatic carbocycles. The second-order valence-corrected chi connectivity index (χ2v) is 4.33. The van der Waals surface area contributed by atoms with E-state index in [0.717, 1.165) is 5.69 Å².